The van der Waals surface area contributed by atoms with Crippen LogP contribution in [-0.4, -0.2) is 47.1 Å². The number of rotatable bonds is 7. The predicted octanol–water partition coefficient (Wildman–Crippen LogP) is 1.80. The summed E-state index contributed by atoms with van der Waals surface area (Å²) < 4.78 is 0. The summed E-state index contributed by atoms with van der Waals surface area (Å²) in [5.74, 6) is 0.245. The van der Waals surface area contributed by atoms with Gasteiger partial charge in [0.2, 0.25) is 11.8 Å². The van der Waals surface area contributed by atoms with E-state index in [2.05, 4.69) is 5.32 Å². The number of hydrogen-bond acceptors (Lipinski definition) is 4. The topological polar surface area (TPSA) is 69.6 Å². The van der Waals surface area contributed by atoms with Crippen molar-refractivity contribution in [3.8, 4) is 0 Å². The Hall–Kier alpha value is -1.40. The van der Waals surface area contributed by atoms with Crippen LogP contribution in [0.1, 0.15) is 38.0 Å². The molecule has 2 N–H and O–H groups in total. The Labute approximate surface area is 141 Å². The first-order valence-corrected chi connectivity index (χ1v) is 9.13. The lowest BCUT2D eigenvalue weighted by molar-refractivity contribution is -0.138. The molecule has 0 aliphatic carbocycles. The molecule has 6 heteroatoms. The highest BCUT2D eigenvalue weighted by Gasteiger charge is 2.34. The lowest BCUT2D eigenvalue weighted by Crippen LogP contribution is -2.48. The molecule has 0 radical (unpaired) electrons. The largest absolute Gasteiger partial charge is 0.391 e. The first-order chi connectivity index (χ1) is 11.0. The van der Waals surface area contributed by atoms with Crippen LogP contribution in [0.4, 0.5) is 0 Å². The van der Waals surface area contributed by atoms with Crippen LogP contribution in [0.15, 0.2) is 17.5 Å². The van der Waals surface area contributed by atoms with Gasteiger partial charge in [-0.05, 0) is 36.6 Å². The Morgan fingerprint density at radius 1 is 1.48 bits per heavy atom. The summed E-state index contributed by atoms with van der Waals surface area (Å²) in [5, 5.41) is 14.6. The first-order valence-electron chi connectivity index (χ1n) is 8.25. The van der Waals surface area contributed by atoms with Crippen molar-refractivity contribution in [2.45, 2.75) is 51.7 Å². The number of likely N-dealkylation sites (tertiary alicyclic amines) is 1. The van der Waals surface area contributed by atoms with Crippen molar-refractivity contribution in [2.24, 2.45) is 5.92 Å². The summed E-state index contributed by atoms with van der Waals surface area (Å²) in [6, 6.07) is 3.47. The summed E-state index contributed by atoms with van der Waals surface area (Å²) in [7, 11) is 0. The van der Waals surface area contributed by atoms with Gasteiger partial charge >= 0.3 is 0 Å². The standard InChI is InChI=1S/C17H26N2O3S/c1-12(2)9-13(20)11-18-17(22)15-6-3-7-19(15)16(21)10-14-5-4-8-23-14/h4-5,8,12-13,15,20H,3,6-7,9-11H2,1-2H3,(H,18,22). The average molecular weight is 338 g/mol. The molecule has 1 aliphatic heterocycles. The Bertz CT molecular complexity index is 516. The SMILES string of the molecule is CC(C)CC(O)CNC(=O)C1CCCN1C(=O)Cc1cccs1. The normalized spacial score (nSPS) is 19.1. The Kier molecular flexibility index (Phi) is 6.59. The molecule has 1 fully saturated rings. The van der Waals surface area contributed by atoms with Crippen molar-refractivity contribution < 1.29 is 14.7 Å². The van der Waals surface area contributed by atoms with E-state index in [0.29, 0.717) is 31.7 Å². The van der Waals surface area contributed by atoms with Crippen molar-refractivity contribution in [3.05, 3.63) is 22.4 Å². The van der Waals surface area contributed by atoms with Crippen LogP contribution >= 0.6 is 11.3 Å². The van der Waals surface area contributed by atoms with Crippen molar-refractivity contribution in [1.29, 1.82) is 0 Å². The minimum atomic E-state index is -0.532. The van der Waals surface area contributed by atoms with Gasteiger partial charge in [0.15, 0.2) is 0 Å². The number of amides is 2. The van der Waals surface area contributed by atoms with E-state index in [4.69, 9.17) is 0 Å². The fourth-order valence-electron chi connectivity index (χ4n) is 2.97. The van der Waals surface area contributed by atoms with E-state index < -0.39 is 12.1 Å². The van der Waals surface area contributed by atoms with Gasteiger partial charge in [-0.15, -0.1) is 11.3 Å². The maximum atomic E-state index is 12.4. The molecule has 0 aromatic carbocycles. The number of hydrogen-bond donors (Lipinski definition) is 2. The van der Waals surface area contributed by atoms with Gasteiger partial charge in [-0.25, -0.2) is 0 Å². The first kappa shape index (κ1) is 17.9. The molecule has 1 aromatic rings. The monoisotopic (exact) mass is 338 g/mol. The van der Waals surface area contributed by atoms with Gasteiger partial charge in [0.1, 0.15) is 6.04 Å². The minimum absolute atomic E-state index is 0.00725. The number of aliphatic hydroxyl groups excluding tert-OH is 1. The molecule has 2 heterocycles. The molecule has 1 aromatic heterocycles. The van der Waals surface area contributed by atoms with E-state index >= 15 is 0 Å². The lowest BCUT2D eigenvalue weighted by Gasteiger charge is -2.24. The second kappa shape index (κ2) is 8.45. The summed E-state index contributed by atoms with van der Waals surface area (Å²) in [6.07, 6.45) is 2.03. The lowest BCUT2D eigenvalue weighted by atomic mass is 10.1. The number of nitrogens with zero attached hydrogens (tertiary/aromatic N) is 1. The molecule has 1 saturated heterocycles. The summed E-state index contributed by atoms with van der Waals surface area (Å²) >= 11 is 1.56. The van der Waals surface area contributed by atoms with Gasteiger partial charge in [0, 0.05) is 18.0 Å². The number of carbonyl (C=O) groups excluding carboxylic acids is 2. The van der Waals surface area contributed by atoms with Gasteiger partial charge in [0.05, 0.1) is 12.5 Å². The van der Waals surface area contributed by atoms with Crippen molar-refractivity contribution >= 4 is 23.2 Å². The quantitative estimate of drug-likeness (QED) is 0.796. The molecule has 0 spiro atoms. The van der Waals surface area contributed by atoms with Crippen LogP contribution in [0.2, 0.25) is 0 Å². The molecule has 0 saturated carbocycles. The number of carbonyl (C=O) groups is 2. The van der Waals surface area contributed by atoms with Crippen LogP contribution in [-0.2, 0) is 16.0 Å². The molecule has 23 heavy (non-hydrogen) atoms. The molecular formula is C17H26N2O3S. The maximum Gasteiger partial charge on any atom is 0.242 e. The zero-order valence-electron chi connectivity index (χ0n) is 13.8. The fourth-order valence-corrected chi connectivity index (χ4v) is 3.66. The van der Waals surface area contributed by atoms with Crippen molar-refractivity contribution in [2.75, 3.05) is 13.1 Å². The zero-order valence-corrected chi connectivity index (χ0v) is 14.6. The molecule has 128 valence electrons. The van der Waals surface area contributed by atoms with Crippen LogP contribution < -0.4 is 5.32 Å². The van der Waals surface area contributed by atoms with Crippen molar-refractivity contribution in [1.82, 2.24) is 10.2 Å². The van der Waals surface area contributed by atoms with Crippen LogP contribution in [0, 0.1) is 5.92 Å². The molecule has 2 amide bonds. The van der Waals surface area contributed by atoms with E-state index in [-0.39, 0.29) is 18.4 Å². The second-order valence-electron chi connectivity index (χ2n) is 6.53. The highest BCUT2D eigenvalue weighted by molar-refractivity contribution is 7.10. The molecule has 2 rings (SSSR count). The maximum absolute atomic E-state index is 12.4. The Morgan fingerprint density at radius 2 is 2.26 bits per heavy atom. The average Bonchev–Trinajstić information content (AvgIpc) is 3.14. The van der Waals surface area contributed by atoms with Crippen LogP contribution in [0.5, 0.6) is 0 Å². The molecular weight excluding hydrogens is 312 g/mol. The highest BCUT2D eigenvalue weighted by atomic mass is 32.1. The van der Waals surface area contributed by atoms with E-state index in [9.17, 15) is 14.7 Å². The Balaban J connectivity index is 1.85. The number of aliphatic hydroxyl groups is 1. The molecule has 1 aliphatic rings. The van der Waals surface area contributed by atoms with Crippen LogP contribution in [0.3, 0.4) is 0 Å². The molecule has 5 nitrogen and oxygen atoms in total. The fraction of sp³-hybridized carbons (Fsp3) is 0.647. The highest BCUT2D eigenvalue weighted by Crippen LogP contribution is 2.20. The van der Waals surface area contributed by atoms with E-state index in [1.807, 2.05) is 31.4 Å². The van der Waals surface area contributed by atoms with Gasteiger partial charge in [-0.1, -0.05) is 19.9 Å². The third-order valence-corrected chi connectivity index (χ3v) is 4.91. The van der Waals surface area contributed by atoms with Crippen LogP contribution in [0.25, 0.3) is 0 Å². The third-order valence-electron chi connectivity index (χ3n) is 4.04. The van der Waals surface area contributed by atoms with E-state index in [0.717, 1.165) is 11.3 Å². The molecule has 2 atom stereocenters. The van der Waals surface area contributed by atoms with E-state index in [1.54, 1.807) is 16.2 Å². The van der Waals surface area contributed by atoms with Gasteiger partial charge in [0.25, 0.3) is 0 Å². The third kappa shape index (κ3) is 5.32. The summed E-state index contributed by atoms with van der Waals surface area (Å²) in [6.45, 7) is 4.96. The predicted molar refractivity (Wildman–Crippen MR) is 91.2 cm³/mol. The minimum Gasteiger partial charge on any atom is -0.391 e. The number of nitrogens with one attached hydrogen (secondary N) is 1. The molecule has 2 unspecified atom stereocenters. The number of thiophene rings is 1. The molecule has 0 bridgehead atoms. The van der Waals surface area contributed by atoms with Gasteiger partial charge < -0.3 is 15.3 Å². The van der Waals surface area contributed by atoms with Gasteiger partial charge in [-0.3, -0.25) is 9.59 Å². The second-order valence-corrected chi connectivity index (χ2v) is 7.56. The summed E-state index contributed by atoms with van der Waals surface area (Å²) in [4.78, 5) is 27.5. The Morgan fingerprint density at radius 3 is 2.91 bits per heavy atom. The van der Waals surface area contributed by atoms with Gasteiger partial charge in [-0.2, -0.15) is 0 Å². The summed E-state index contributed by atoms with van der Waals surface area (Å²) in [5.41, 5.74) is 0. The smallest absolute Gasteiger partial charge is 0.242 e. The zero-order chi connectivity index (χ0) is 16.8. The van der Waals surface area contributed by atoms with Crippen molar-refractivity contribution in [3.63, 3.8) is 0 Å². The van der Waals surface area contributed by atoms with E-state index in [1.165, 1.54) is 0 Å².